The lowest BCUT2D eigenvalue weighted by Crippen LogP contribution is -2.39. The van der Waals surface area contributed by atoms with Crippen molar-refractivity contribution in [1.29, 1.82) is 0 Å². The number of carbonyl (C=O) groups is 1. The zero-order valence-electron chi connectivity index (χ0n) is 16.3. The van der Waals surface area contributed by atoms with Crippen LogP contribution in [0.3, 0.4) is 0 Å². The molecule has 0 aliphatic carbocycles. The molecule has 0 saturated carbocycles. The fourth-order valence-electron chi connectivity index (χ4n) is 3.63. The number of piperidine rings is 1. The number of hydrogen-bond acceptors (Lipinski definition) is 6. The van der Waals surface area contributed by atoms with Gasteiger partial charge in [-0.3, -0.25) is 4.79 Å². The first-order valence-electron chi connectivity index (χ1n) is 9.53. The zero-order chi connectivity index (χ0) is 21.3. The molecule has 30 heavy (non-hydrogen) atoms. The van der Waals surface area contributed by atoms with Crippen molar-refractivity contribution in [2.75, 3.05) is 42.3 Å². The third-order valence-corrected chi connectivity index (χ3v) is 5.21. The summed E-state index contributed by atoms with van der Waals surface area (Å²) in [6, 6.07) is 7.03. The Bertz CT molecular complexity index is 943. The highest BCUT2D eigenvalue weighted by Gasteiger charge is 2.41. The summed E-state index contributed by atoms with van der Waals surface area (Å²) in [5.74, 6) is 0.0967. The lowest BCUT2D eigenvalue weighted by molar-refractivity contribution is -0.179. The van der Waals surface area contributed by atoms with E-state index in [0.29, 0.717) is 28.7 Å². The van der Waals surface area contributed by atoms with Crippen molar-refractivity contribution in [2.24, 2.45) is 5.92 Å². The van der Waals surface area contributed by atoms with Gasteiger partial charge in [0, 0.05) is 30.9 Å². The topological polar surface area (TPSA) is 75.7 Å². The Balaban J connectivity index is 1.47. The number of halogens is 3. The summed E-state index contributed by atoms with van der Waals surface area (Å²) in [4.78, 5) is 17.6. The molecule has 3 heterocycles. The van der Waals surface area contributed by atoms with Gasteiger partial charge in [-0.25, -0.2) is 4.98 Å². The minimum Gasteiger partial charge on any atom is -0.493 e. The van der Waals surface area contributed by atoms with Crippen molar-refractivity contribution in [3.8, 4) is 11.5 Å². The molecule has 2 aliphatic rings. The lowest BCUT2D eigenvalue weighted by atomic mass is 9.96. The number of nitrogens with zero attached hydrogens (tertiary/aromatic N) is 2. The van der Waals surface area contributed by atoms with Crippen molar-refractivity contribution in [3.63, 3.8) is 0 Å². The molecule has 2 aliphatic heterocycles. The van der Waals surface area contributed by atoms with Crippen molar-refractivity contribution < 1.29 is 27.4 Å². The molecule has 1 amide bonds. The molecule has 1 saturated heterocycles. The highest BCUT2D eigenvalue weighted by Crippen LogP contribution is 2.38. The first kappa shape index (κ1) is 20.1. The van der Waals surface area contributed by atoms with E-state index in [4.69, 9.17) is 9.47 Å². The van der Waals surface area contributed by atoms with E-state index in [9.17, 15) is 18.0 Å². The summed E-state index contributed by atoms with van der Waals surface area (Å²) in [5, 5.41) is 5.92. The molecule has 0 radical (unpaired) electrons. The number of amides is 1. The molecule has 1 fully saturated rings. The molecule has 0 atom stereocenters. The number of ether oxygens (including phenoxy) is 2. The molecule has 10 heteroatoms. The van der Waals surface area contributed by atoms with Gasteiger partial charge in [0.2, 0.25) is 0 Å². The molecule has 0 bridgehead atoms. The van der Waals surface area contributed by atoms with Crippen molar-refractivity contribution in [3.05, 3.63) is 30.5 Å². The van der Waals surface area contributed by atoms with E-state index in [2.05, 4.69) is 15.6 Å². The van der Waals surface area contributed by atoms with Crippen LogP contribution in [0.2, 0.25) is 0 Å². The van der Waals surface area contributed by atoms with Gasteiger partial charge in [-0.1, -0.05) is 0 Å². The second kappa shape index (κ2) is 7.92. The van der Waals surface area contributed by atoms with Crippen molar-refractivity contribution in [2.45, 2.75) is 19.0 Å². The van der Waals surface area contributed by atoms with Gasteiger partial charge in [0.1, 0.15) is 5.75 Å². The summed E-state index contributed by atoms with van der Waals surface area (Å²) in [6.07, 6.45) is -2.46. The lowest BCUT2D eigenvalue weighted by Gasteiger charge is -2.34. The minimum absolute atomic E-state index is 0.0362. The number of hydrogen-bond donors (Lipinski definition) is 2. The second-order valence-corrected chi connectivity index (χ2v) is 7.23. The fourth-order valence-corrected chi connectivity index (χ4v) is 3.63. The third-order valence-electron chi connectivity index (χ3n) is 5.21. The van der Waals surface area contributed by atoms with Crippen LogP contribution in [0.15, 0.2) is 30.5 Å². The number of benzene rings is 1. The smallest absolute Gasteiger partial charge is 0.391 e. The number of alkyl halides is 3. The van der Waals surface area contributed by atoms with Crippen LogP contribution in [0.4, 0.5) is 36.1 Å². The molecular formula is C20H21F3N4O3. The van der Waals surface area contributed by atoms with Gasteiger partial charge in [-0.15, -0.1) is 0 Å². The molecule has 160 valence electrons. The number of methoxy groups -OCH3 is 1. The van der Waals surface area contributed by atoms with Crippen LogP contribution < -0.4 is 25.0 Å². The van der Waals surface area contributed by atoms with Crippen molar-refractivity contribution >= 4 is 28.8 Å². The highest BCUT2D eigenvalue weighted by atomic mass is 19.4. The van der Waals surface area contributed by atoms with Crippen LogP contribution >= 0.6 is 0 Å². The first-order chi connectivity index (χ1) is 14.3. The molecule has 0 spiro atoms. The minimum atomic E-state index is -4.15. The summed E-state index contributed by atoms with van der Waals surface area (Å²) in [5.41, 5.74) is 1.98. The number of aromatic nitrogens is 1. The van der Waals surface area contributed by atoms with Gasteiger partial charge < -0.3 is 25.0 Å². The van der Waals surface area contributed by atoms with Crippen LogP contribution in [0.1, 0.15) is 12.8 Å². The van der Waals surface area contributed by atoms with Gasteiger partial charge in [0.15, 0.2) is 18.2 Å². The Labute approximate surface area is 171 Å². The van der Waals surface area contributed by atoms with Crippen LogP contribution in [-0.4, -0.2) is 43.9 Å². The van der Waals surface area contributed by atoms with E-state index in [1.54, 1.807) is 30.5 Å². The average Bonchev–Trinajstić information content (AvgIpc) is 2.73. The van der Waals surface area contributed by atoms with E-state index in [1.807, 2.05) is 4.90 Å². The average molecular weight is 422 g/mol. The molecule has 2 aromatic rings. The molecule has 2 N–H and O–H groups in total. The number of carbonyl (C=O) groups excluding carboxylic acids is 1. The summed E-state index contributed by atoms with van der Waals surface area (Å²) in [6.45, 7) is 0.508. The fraction of sp³-hybridized carbons (Fsp3) is 0.400. The normalized spacial score (nSPS) is 17.1. The summed E-state index contributed by atoms with van der Waals surface area (Å²) < 4.78 is 49.6. The standard InChI is InChI=1S/C20H21F3N4O3/c1-29-17-9-14(25-13-2-3-15-16(8-13)30-11-18(28)26-15)10-24-19(17)27-6-4-12(5-7-27)20(21,22)23/h2-3,8-10,12,25H,4-7,11H2,1H3,(H,26,28). The Morgan fingerprint density at radius 3 is 2.70 bits per heavy atom. The Morgan fingerprint density at radius 2 is 2.00 bits per heavy atom. The summed E-state index contributed by atoms with van der Waals surface area (Å²) >= 11 is 0. The molecular weight excluding hydrogens is 401 g/mol. The Kier molecular flexibility index (Phi) is 5.31. The molecule has 0 unspecified atom stereocenters. The van der Waals surface area contributed by atoms with Gasteiger partial charge in [-0.2, -0.15) is 13.2 Å². The Morgan fingerprint density at radius 1 is 1.23 bits per heavy atom. The van der Waals surface area contributed by atoms with E-state index in [0.717, 1.165) is 5.69 Å². The number of fused-ring (bicyclic) bond motifs is 1. The number of rotatable bonds is 4. The SMILES string of the molecule is COc1cc(Nc2ccc3c(c2)OCC(=O)N3)cnc1N1CCC(C(F)(F)F)CC1. The summed E-state index contributed by atoms with van der Waals surface area (Å²) in [7, 11) is 1.50. The van der Waals surface area contributed by atoms with E-state index >= 15 is 0 Å². The number of pyridine rings is 1. The van der Waals surface area contributed by atoms with E-state index in [-0.39, 0.29) is 38.4 Å². The monoisotopic (exact) mass is 422 g/mol. The van der Waals surface area contributed by atoms with Gasteiger partial charge >= 0.3 is 6.18 Å². The molecule has 7 nitrogen and oxygen atoms in total. The van der Waals surface area contributed by atoms with Crippen LogP contribution in [0, 0.1) is 5.92 Å². The predicted molar refractivity (Wildman–Crippen MR) is 106 cm³/mol. The van der Waals surface area contributed by atoms with Gasteiger partial charge in [0.25, 0.3) is 5.91 Å². The Hall–Kier alpha value is -3.17. The number of anilines is 4. The van der Waals surface area contributed by atoms with Crippen LogP contribution in [0.5, 0.6) is 11.5 Å². The van der Waals surface area contributed by atoms with E-state index < -0.39 is 12.1 Å². The maximum Gasteiger partial charge on any atom is 0.391 e. The molecule has 1 aromatic carbocycles. The van der Waals surface area contributed by atoms with Crippen LogP contribution in [-0.2, 0) is 4.79 Å². The predicted octanol–water partition coefficient (Wildman–Crippen LogP) is 3.94. The third kappa shape index (κ3) is 4.22. The molecule has 1 aromatic heterocycles. The quantitative estimate of drug-likeness (QED) is 0.777. The van der Waals surface area contributed by atoms with Gasteiger partial charge in [0.05, 0.1) is 30.6 Å². The van der Waals surface area contributed by atoms with Gasteiger partial charge in [-0.05, 0) is 25.0 Å². The maximum atomic E-state index is 12.9. The molecule has 4 rings (SSSR count). The first-order valence-corrected chi connectivity index (χ1v) is 9.53. The maximum absolute atomic E-state index is 12.9. The number of nitrogens with one attached hydrogen (secondary N) is 2. The van der Waals surface area contributed by atoms with Crippen LogP contribution in [0.25, 0.3) is 0 Å². The second-order valence-electron chi connectivity index (χ2n) is 7.23. The zero-order valence-corrected chi connectivity index (χ0v) is 16.3. The van der Waals surface area contributed by atoms with E-state index in [1.165, 1.54) is 7.11 Å². The highest BCUT2D eigenvalue weighted by molar-refractivity contribution is 5.95. The van der Waals surface area contributed by atoms with Crippen molar-refractivity contribution in [1.82, 2.24) is 4.98 Å². The largest absolute Gasteiger partial charge is 0.493 e.